The first-order valence-corrected chi connectivity index (χ1v) is 13.9. The van der Waals surface area contributed by atoms with Crippen molar-refractivity contribution < 1.29 is 17.7 Å². The first-order valence-electron chi connectivity index (χ1n) is 11.4. The predicted octanol–water partition coefficient (Wildman–Crippen LogP) is 4.29. The number of thioether (sulfide) groups is 1. The van der Waals surface area contributed by atoms with Crippen LogP contribution >= 0.6 is 11.8 Å². The molecule has 0 aliphatic rings. The Bertz CT molecular complexity index is 1710. The van der Waals surface area contributed by atoms with Crippen LogP contribution < -0.4 is 15.8 Å². The van der Waals surface area contributed by atoms with Gasteiger partial charge in [-0.2, -0.15) is 10.5 Å². The number of hydrogen-bond acceptors (Lipinski definition) is 10. The number of anilines is 3. The minimum atomic E-state index is -3.88. The van der Waals surface area contributed by atoms with Crippen LogP contribution in [0.1, 0.15) is 23.3 Å². The normalized spacial score (nSPS) is 10.8. The Kier molecular flexibility index (Phi) is 8.15. The van der Waals surface area contributed by atoms with E-state index in [0.717, 1.165) is 0 Å². The zero-order chi connectivity index (χ0) is 28.0. The van der Waals surface area contributed by atoms with Gasteiger partial charge < -0.3 is 15.6 Å². The van der Waals surface area contributed by atoms with Gasteiger partial charge in [-0.25, -0.2) is 13.4 Å². The van der Waals surface area contributed by atoms with E-state index in [4.69, 9.17) is 10.3 Å². The van der Waals surface area contributed by atoms with Crippen molar-refractivity contribution in [2.45, 2.75) is 23.3 Å². The van der Waals surface area contributed by atoms with Gasteiger partial charge in [0.25, 0.3) is 10.0 Å². The van der Waals surface area contributed by atoms with Crippen LogP contribution in [0, 0.1) is 29.6 Å². The maximum absolute atomic E-state index is 12.5. The predicted molar refractivity (Wildman–Crippen MR) is 146 cm³/mol. The molecule has 2 aromatic heterocycles. The lowest BCUT2D eigenvalue weighted by atomic mass is 9.97. The molecule has 0 spiro atoms. The fraction of sp³-hybridized carbons (Fsp3) is 0.115. The summed E-state index contributed by atoms with van der Waals surface area (Å²) in [5, 5.41) is 26.1. The number of sulfonamides is 1. The van der Waals surface area contributed by atoms with Crippen LogP contribution in [0.3, 0.4) is 0 Å². The van der Waals surface area contributed by atoms with Gasteiger partial charge in [-0.05, 0) is 36.8 Å². The van der Waals surface area contributed by atoms with E-state index >= 15 is 0 Å². The molecule has 4 N–H and O–H groups in total. The van der Waals surface area contributed by atoms with Crippen molar-refractivity contribution in [3.63, 3.8) is 0 Å². The highest BCUT2D eigenvalue weighted by Crippen LogP contribution is 2.35. The molecule has 4 rings (SSSR count). The fourth-order valence-electron chi connectivity index (χ4n) is 3.59. The summed E-state index contributed by atoms with van der Waals surface area (Å²) < 4.78 is 32.2. The number of benzene rings is 2. The smallest absolute Gasteiger partial charge is 0.263 e. The number of aryl methyl sites for hydroxylation is 1. The summed E-state index contributed by atoms with van der Waals surface area (Å²) in [5.74, 6) is 0.489. The Morgan fingerprint density at radius 3 is 2.38 bits per heavy atom. The summed E-state index contributed by atoms with van der Waals surface area (Å²) >= 11 is 1.18. The number of nitrogens with one attached hydrogen (secondary N) is 2. The van der Waals surface area contributed by atoms with E-state index in [0.29, 0.717) is 27.6 Å². The van der Waals surface area contributed by atoms with Crippen molar-refractivity contribution in [3.05, 3.63) is 77.6 Å². The second kappa shape index (κ2) is 11.7. The molecule has 0 unspecified atom stereocenters. The molecular formula is C26H21N7O4S2. The number of nitrogen functional groups attached to an aromatic ring is 1. The molecule has 0 saturated heterocycles. The average molecular weight is 560 g/mol. The van der Waals surface area contributed by atoms with Crippen LogP contribution in [-0.4, -0.2) is 30.2 Å². The van der Waals surface area contributed by atoms with E-state index in [9.17, 15) is 23.7 Å². The molecule has 0 bridgehead atoms. The summed E-state index contributed by atoms with van der Waals surface area (Å²) in [6.45, 7) is 1.64. The minimum absolute atomic E-state index is 0.00511. The Balaban J connectivity index is 1.40. The number of aromatic nitrogens is 2. The molecule has 0 saturated carbocycles. The van der Waals surface area contributed by atoms with Crippen LogP contribution in [-0.2, 0) is 14.8 Å². The number of nitrogens with zero attached hydrogens (tertiary/aromatic N) is 4. The largest absolute Gasteiger partial charge is 0.383 e. The second-order valence-electron chi connectivity index (χ2n) is 8.12. The zero-order valence-corrected chi connectivity index (χ0v) is 22.1. The number of amides is 1. The van der Waals surface area contributed by atoms with Gasteiger partial charge in [-0.1, -0.05) is 35.5 Å². The number of nitrogens with two attached hydrogens (primary N) is 1. The van der Waals surface area contributed by atoms with Crippen LogP contribution in [0.2, 0.25) is 0 Å². The second-order valence-corrected chi connectivity index (χ2v) is 10.9. The van der Waals surface area contributed by atoms with Gasteiger partial charge in [0.2, 0.25) is 5.91 Å². The standard InChI is InChI=1S/C26H21N7O4S2/c1-16-13-22(32-37-16)33-39(35,36)19-9-7-18(8-10-19)30-23(34)11-12-38-26-21(15-28)24(17-5-3-2-4-6-17)20(14-27)25(29)31-26/h2-10,13H,11-12H2,1H3,(H2,29,31)(H,30,34)(H,32,33). The number of nitriles is 2. The highest BCUT2D eigenvalue weighted by atomic mass is 32.2. The first-order chi connectivity index (χ1) is 18.7. The third-order valence-corrected chi connectivity index (χ3v) is 7.71. The average Bonchev–Trinajstić information content (AvgIpc) is 3.32. The third kappa shape index (κ3) is 6.35. The molecular weight excluding hydrogens is 538 g/mol. The fourth-order valence-corrected chi connectivity index (χ4v) is 5.51. The van der Waals surface area contributed by atoms with Gasteiger partial charge in [0.1, 0.15) is 34.3 Å². The maximum atomic E-state index is 12.5. The van der Waals surface area contributed by atoms with Gasteiger partial charge in [-0.15, -0.1) is 11.8 Å². The zero-order valence-electron chi connectivity index (χ0n) is 20.5. The van der Waals surface area contributed by atoms with E-state index in [1.807, 2.05) is 12.1 Å². The molecule has 0 aliphatic carbocycles. The van der Waals surface area contributed by atoms with Crippen molar-refractivity contribution in [3.8, 4) is 23.3 Å². The Morgan fingerprint density at radius 1 is 1.08 bits per heavy atom. The molecule has 39 heavy (non-hydrogen) atoms. The van der Waals surface area contributed by atoms with E-state index in [1.165, 1.54) is 42.1 Å². The molecule has 2 aromatic carbocycles. The van der Waals surface area contributed by atoms with E-state index < -0.39 is 10.0 Å². The SMILES string of the molecule is Cc1cc(NS(=O)(=O)c2ccc(NC(=O)CCSc3nc(N)c(C#N)c(-c4ccccc4)c3C#N)cc2)no1. The van der Waals surface area contributed by atoms with Gasteiger partial charge in [0.15, 0.2) is 5.82 Å². The lowest BCUT2D eigenvalue weighted by Crippen LogP contribution is -2.14. The number of carbonyl (C=O) groups is 1. The number of pyridine rings is 1. The molecule has 1 amide bonds. The molecule has 196 valence electrons. The lowest BCUT2D eigenvalue weighted by molar-refractivity contribution is -0.115. The summed E-state index contributed by atoms with van der Waals surface area (Å²) in [4.78, 5) is 16.7. The quantitative estimate of drug-likeness (QED) is 0.249. The first kappa shape index (κ1) is 27.2. The van der Waals surface area contributed by atoms with E-state index in [-0.39, 0.29) is 45.7 Å². The van der Waals surface area contributed by atoms with Crippen LogP contribution in [0.5, 0.6) is 0 Å². The molecule has 0 atom stereocenters. The third-order valence-electron chi connectivity index (χ3n) is 5.36. The number of rotatable bonds is 9. The molecule has 0 aliphatic heterocycles. The van der Waals surface area contributed by atoms with E-state index in [1.54, 1.807) is 31.2 Å². The highest BCUT2D eigenvalue weighted by Gasteiger charge is 2.21. The van der Waals surface area contributed by atoms with Gasteiger partial charge in [-0.3, -0.25) is 9.52 Å². The van der Waals surface area contributed by atoms with Crippen molar-refractivity contribution >= 4 is 45.0 Å². The summed E-state index contributed by atoms with van der Waals surface area (Å²) in [7, 11) is -3.88. The molecule has 2 heterocycles. The molecule has 13 heteroatoms. The van der Waals surface area contributed by atoms with Crippen LogP contribution in [0.25, 0.3) is 11.1 Å². The maximum Gasteiger partial charge on any atom is 0.263 e. The van der Waals surface area contributed by atoms with Gasteiger partial charge in [0, 0.05) is 29.5 Å². The molecule has 4 aromatic rings. The number of hydrogen-bond donors (Lipinski definition) is 3. The van der Waals surface area contributed by atoms with Crippen molar-refractivity contribution in [1.82, 2.24) is 10.1 Å². The van der Waals surface area contributed by atoms with Crippen molar-refractivity contribution in [2.24, 2.45) is 0 Å². The van der Waals surface area contributed by atoms with Crippen molar-refractivity contribution in [2.75, 3.05) is 21.5 Å². The summed E-state index contributed by atoms with van der Waals surface area (Å²) in [6.07, 6.45) is 0.0743. The Labute approximate surface area is 228 Å². The van der Waals surface area contributed by atoms with Gasteiger partial charge in [0.05, 0.1) is 10.5 Å². The molecule has 0 radical (unpaired) electrons. The topological polar surface area (TPSA) is 188 Å². The van der Waals surface area contributed by atoms with Crippen molar-refractivity contribution in [1.29, 1.82) is 10.5 Å². The molecule has 0 fully saturated rings. The molecule has 11 nitrogen and oxygen atoms in total. The summed E-state index contributed by atoms with van der Waals surface area (Å²) in [5.41, 5.74) is 7.83. The van der Waals surface area contributed by atoms with E-state index in [2.05, 4.69) is 26.2 Å². The van der Waals surface area contributed by atoms with Gasteiger partial charge >= 0.3 is 0 Å². The summed E-state index contributed by atoms with van der Waals surface area (Å²) in [6, 6.07) is 20.2. The highest BCUT2D eigenvalue weighted by molar-refractivity contribution is 7.99. The Morgan fingerprint density at radius 2 is 1.77 bits per heavy atom. The Hall–Kier alpha value is -4.85. The minimum Gasteiger partial charge on any atom is -0.383 e. The van der Waals surface area contributed by atoms with Crippen LogP contribution in [0.4, 0.5) is 17.3 Å². The number of carbonyl (C=O) groups excluding carboxylic acids is 1. The van der Waals surface area contributed by atoms with Crippen LogP contribution in [0.15, 0.2) is 75.1 Å². The lowest BCUT2D eigenvalue weighted by Gasteiger charge is -2.13. The monoisotopic (exact) mass is 559 g/mol.